The molecule has 6 heteroatoms. The predicted molar refractivity (Wildman–Crippen MR) is 97.5 cm³/mol. The number of nitrogens with zero attached hydrogens (tertiary/aromatic N) is 1. The molecule has 128 valence electrons. The predicted octanol–water partition coefficient (Wildman–Crippen LogP) is 2.53. The minimum absolute atomic E-state index is 0.122. The SMILES string of the molecule is CC(O)(CNC(=O)NC1CCN(c2ccccc2)C1)c1ccsc1. The Morgan fingerprint density at radius 3 is 2.88 bits per heavy atom. The first-order valence-corrected chi connectivity index (χ1v) is 9.08. The lowest BCUT2D eigenvalue weighted by atomic mass is 9.99. The highest BCUT2D eigenvalue weighted by Crippen LogP contribution is 2.22. The fraction of sp³-hybridized carbons (Fsp3) is 0.389. The Morgan fingerprint density at radius 2 is 2.17 bits per heavy atom. The number of amides is 2. The molecule has 0 saturated carbocycles. The quantitative estimate of drug-likeness (QED) is 0.780. The first kappa shape index (κ1) is 16.8. The van der Waals surface area contributed by atoms with Gasteiger partial charge in [0.2, 0.25) is 0 Å². The van der Waals surface area contributed by atoms with Crippen molar-refractivity contribution in [2.45, 2.75) is 25.0 Å². The highest BCUT2D eigenvalue weighted by atomic mass is 32.1. The Balaban J connectivity index is 1.46. The number of carbonyl (C=O) groups excluding carboxylic acids is 1. The van der Waals surface area contributed by atoms with E-state index in [2.05, 4.69) is 27.7 Å². The fourth-order valence-electron chi connectivity index (χ4n) is 2.91. The third kappa shape index (κ3) is 4.07. The summed E-state index contributed by atoms with van der Waals surface area (Å²) in [6.45, 7) is 3.63. The van der Waals surface area contributed by atoms with Crippen molar-refractivity contribution >= 4 is 23.1 Å². The molecule has 5 nitrogen and oxygen atoms in total. The molecule has 2 heterocycles. The summed E-state index contributed by atoms with van der Waals surface area (Å²) in [5.41, 5.74) is 0.954. The molecule has 1 aromatic carbocycles. The Hall–Kier alpha value is -2.05. The molecule has 3 rings (SSSR count). The summed E-state index contributed by atoms with van der Waals surface area (Å²) >= 11 is 1.53. The minimum atomic E-state index is -1.05. The summed E-state index contributed by atoms with van der Waals surface area (Å²) in [4.78, 5) is 14.4. The van der Waals surface area contributed by atoms with Crippen molar-refractivity contribution in [1.82, 2.24) is 10.6 Å². The molecule has 1 aliphatic rings. The van der Waals surface area contributed by atoms with E-state index >= 15 is 0 Å². The number of aliphatic hydroxyl groups is 1. The number of anilines is 1. The monoisotopic (exact) mass is 345 g/mol. The van der Waals surface area contributed by atoms with Gasteiger partial charge in [-0.1, -0.05) is 18.2 Å². The van der Waals surface area contributed by atoms with Gasteiger partial charge in [0.25, 0.3) is 0 Å². The van der Waals surface area contributed by atoms with E-state index in [9.17, 15) is 9.90 Å². The third-order valence-corrected chi connectivity index (χ3v) is 5.06. The first-order chi connectivity index (χ1) is 11.5. The molecule has 2 aromatic rings. The van der Waals surface area contributed by atoms with Gasteiger partial charge in [0.05, 0.1) is 6.54 Å². The summed E-state index contributed by atoms with van der Waals surface area (Å²) < 4.78 is 0. The van der Waals surface area contributed by atoms with Gasteiger partial charge >= 0.3 is 6.03 Å². The molecular formula is C18H23N3O2S. The van der Waals surface area contributed by atoms with Gasteiger partial charge in [-0.05, 0) is 47.9 Å². The zero-order valence-electron chi connectivity index (χ0n) is 13.7. The van der Waals surface area contributed by atoms with Gasteiger partial charge < -0.3 is 20.6 Å². The normalized spacial score (nSPS) is 19.8. The van der Waals surface area contributed by atoms with Crippen LogP contribution in [0.15, 0.2) is 47.2 Å². The van der Waals surface area contributed by atoms with Crippen molar-refractivity contribution in [1.29, 1.82) is 0 Å². The van der Waals surface area contributed by atoms with Crippen LogP contribution in [0.2, 0.25) is 0 Å². The standard InChI is InChI=1S/C18H23N3O2S/c1-18(23,14-8-10-24-12-14)13-19-17(22)20-15-7-9-21(11-15)16-5-3-2-4-6-16/h2-6,8,10,12,15,23H,7,9,11,13H2,1H3,(H2,19,20,22). The highest BCUT2D eigenvalue weighted by molar-refractivity contribution is 7.08. The number of thiophene rings is 1. The van der Waals surface area contributed by atoms with Crippen LogP contribution in [-0.4, -0.2) is 36.8 Å². The molecule has 0 radical (unpaired) electrons. The lowest BCUT2D eigenvalue weighted by molar-refractivity contribution is 0.0597. The maximum Gasteiger partial charge on any atom is 0.315 e. The molecular weight excluding hydrogens is 322 g/mol. The van der Waals surface area contributed by atoms with Gasteiger partial charge in [-0.15, -0.1) is 0 Å². The number of hydrogen-bond acceptors (Lipinski definition) is 4. The number of rotatable bonds is 5. The molecule has 0 spiro atoms. The summed E-state index contributed by atoms with van der Waals surface area (Å²) in [6.07, 6.45) is 0.920. The van der Waals surface area contributed by atoms with Crippen LogP contribution in [0.4, 0.5) is 10.5 Å². The van der Waals surface area contributed by atoms with Crippen molar-refractivity contribution in [3.05, 3.63) is 52.7 Å². The van der Waals surface area contributed by atoms with Gasteiger partial charge in [-0.3, -0.25) is 0 Å². The molecule has 1 aliphatic heterocycles. The molecule has 1 fully saturated rings. The number of para-hydroxylation sites is 1. The molecule has 2 amide bonds. The zero-order chi connectivity index (χ0) is 17.0. The van der Waals surface area contributed by atoms with E-state index in [1.165, 1.54) is 17.0 Å². The van der Waals surface area contributed by atoms with Crippen molar-refractivity contribution in [2.24, 2.45) is 0 Å². The van der Waals surface area contributed by atoms with E-state index in [4.69, 9.17) is 0 Å². The van der Waals surface area contributed by atoms with Crippen LogP contribution in [0.5, 0.6) is 0 Å². The second kappa shape index (κ2) is 7.23. The van der Waals surface area contributed by atoms with Gasteiger partial charge in [0.15, 0.2) is 0 Å². The maximum absolute atomic E-state index is 12.1. The van der Waals surface area contributed by atoms with Crippen molar-refractivity contribution in [3.8, 4) is 0 Å². The highest BCUT2D eigenvalue weighted by Gasteiger charge is 2.27. The lowest BCUT2D eigenvalue weighted by Crippen LogP contribution is -2.47. The second-order valence-electron chi connectivity index (χ2n) is 6.38. The molecule has 2 atom stereocenters. The fourth-order valence-corrected chi connectivity index (χ4v) is 3.70. The molecule has 1 saturated heterocycles. The van der Waals surface area contributed by atoms with Crippen LogP contribution in [0.1, 0.15) is 18.9 Å². The Morgan fingerprint density at radius 1 is 1.38 bits per heavy atom. The summed E-state index contributed by atoms with van der Waals surface area (Å²) in [5, 5.41) is 20.0. The average Bonchev–Trinajstić information content (AvgIpc) is 3.26. The van der Waals surface area contributed by atoms with Gasteiger partial charge in [-0.2, -0.15) is 11.3 Å². The third-order valence-electron chi connectivity index (χ3n) is 4.38. The molecule has 2 unspecified atom stereocenters. The largest absolute Gasteiger partial charge is 0.384 e. The summed E-state index contributed by atoms with van der Waals surface area (Å²) in [5.74, 6) is 0. The van der Waals surface area contributed by atoms with E-state index in [1.807, 2.05) is 35.0 Å². The van der Waals surface area contributed by atoms with Crippen molar-refractivity contribution in [2.75, 3.05) is 24.5 Å². The van der Waals surface area contributed by atoms with Crippen LogP contribution in [0.25, 0.3) is 0 Å². The van der Waals surface area contributed by atoms with Crippen molar-refractivity contribution < 1.29 is 9.90 Å². The molecule has 0 aliphatic carbocycles. The van der Waals surface area contributed by atoms with Crippen LogP contribution < -0.4 is 15.5 Å². The van der Waals surface area contributed by atoms with Crippen LogP contribution in [-0.2, 0) is 5.60 Å². The van der Waals surface area contributed by atoms with Crippen LogP contribution in [0.3, 0.4) is 0 Å². The number of benzene rings is 1. The van der Waals surface area contributed by atoms with Gasteiger partial charge in [0, 0.05) is 24.8 Å². The van der Waals surface area contributed by atoms with E-state index in [0.717, 1.165) is 25.1 Å². The molecule has 3 N–H and O–H groups in total. The second-order valence-corrected chi connectivity index (χ2v) is 7.16. The van der Waals surface area contributed by atoms with Crippen molar-refractivity contribution in [3.63, 3.8) is 0 Å². The number of nitrogens with one attached hydrogen (secondary N) is 2. The van der Waals surface area contributed by atoms with Gasteiger partial charge in [-0.25, -0.2) is 4.79 Å². The van der Waals surface area contributed by atoms with E-state index in [1.54, 1.807) is 6.92 Å². The average molecular weight is 345 g/mol. The molecule has 24 heavy (non-hydrogen) atoms. The Labute approximate surface area is 146 Å². The van der Waals surface area contributed by atoms with E-state index in [0.29, 0.717) is 0 Å². The molecule has 0 bridgehead atoms. The zero-order valence-corrected chi connectivity index (χ0v) is 14.6. The topological polar surface area (TPSA) is 64.6 Å². The maximum atomic E-state index is 12.1. The van der Waals surface area contributed by atoms with Crippen LogP contribution >= 0.6 is 11.3 Å². The number of hydrogen-bond donors (Lipinski definition) is 3. The summed E-state index contributed by atoms with van der Waals surface area (Å²) in [6, 6.07) is 12.0. The molecule has 1 aromatic heterocycles. The minimum Gasteiger partial charge on any atom is -0.384 e. The smallest absolute Gasteiger partial charge is 0.315 e. The lowest BCUT2D eigenvalue weighted by Gasteiger charge is -2.24. The number of urea groups is 1. The Bertz CT molecular complexity index is 658. The van der Waals surface area contributed by atoms with E-state index < -0.39 is 5.60 Å². The van der Waals surface area contributed by atoms with Gasteiger partial charge in [0.1, 0.15) is 5.60 Å². The first-order valence-electron chi connectivity index (χ1n) is 8.14. The van der Waals surface area contributed by atoms with Crippen LogP contribution in [0, 0.1) is 0 Å². The summed E-state index contributed by atoms with van der Waals surface area (Å²) in [7, 11) is 0. The Kier molecular flexibility index (Phi) is 5.06. The van der Waals surface area contributed by atoms with E-state index in [-0.39, 0.29) is 18.6 Å². The number of carbonyl (C=O) groups is 1.